The molecule has 2 N–H and O–H groups in total. The molecule has 3 rings (SSSR count). The third-order valence-electron chi connectivity index (χ3n) is 4.63. The molecule has 0 bridgehead atoms. The number of aromatic nitrogens is 2. The van der Waals surface area contributed by atoms with Crippen molar-refractivity contribution >= 4 is 44.0 Å². The number of hydrogen-bond acceptors (Lipinski definition) is 5. The van der Waals surface area contributed by atoms with Gasteiger partial charge in [0.05, 0.1) is 18.0 Å². The molecule has 0 aliphatic heterocycles. The number of anilines is 2. The number of rotatable bonds is 7. The lowest BCUT2D eigenvalue weighted by Crippen LogP contribution is -2.33. The van der Waals surface area contributed by atoms with E-state index in [4.69, 9.17) is 11.6 Å². The fourth-order valence-electron chi connectivity index (χ4n) is 3.23. The summed E-state index contributed by atoms with van der Waals surface area (Å²) in [6, 6.07) is 10.0. The first kappa shape index (κ1) is 22.1. The van der Waals surface area contributed by atoms with Gasteiger partial charge in [-0.1, -0.05) is 25.4 Å². The third kappa shape index (κ3) is 5.12. The van der Waals surface area contributed by atoms with Crippen LogP contribution >= 0.6 is 11.6 Å². The number of nitrogens with zero attached hydrogens (tertiary/aromatic N) is 2. The van der Waals surface area contributed by atoms with Crippen LogP contribution in [0.15, 0.2) is 47.4 Å². The number of benzene rings is 1. The Labute approximate surface area is 181 Å². The predicted molar refractivity (Wildman–Crippen MR) is 123 cm³/mol. The molecule has 0 aliphatic rings. The molecule has 0 spiro atoms. The number of pyridine rings is 2. The molecule has 160 valence electrons. The molecule has 0 saturated heterocycles. The summed E-state index contributed by atoms with van der Waals surface area (Å²) in [7, 11) is -3.44. The van der Waals surface area contributed by atoms with Crippen molar-refractivity contribution in [1.29, 1.82) is 0 Å². The zero-order valence-corrected chi connectivity index (χ0v) is 18.9. The Balaban J connectivity index is 1.91. The number of sulfonamides is 1. The summed E-state index contributed by atoms with van der Waals surface area (Å²) in [5, 5.41) is 4.60. The molecule has 0 amide bonds. The van der Waals surface area contributed by atoms with Crippen molar-refractivity contribution in [3.63, 3.8) is 0 Å². The average molecular weight is 449 g/mol. The van der Waals surface area contributed by atoms with Gasteiger partial charge in [0, 0.05) is 40.3 Å². The van der Waals surface area contributed by atoms with Gasteiger partial charge in [-0.05, 0) is 43.2 Å². The second kappa shape index (κ2) is 8.65. The van der Waals surface area contributed by atoms with Crippen LogP contribution in [0.2, 0.25) is 5.02 Å². The lowest BCUT2D eigenvalue weighted by atomic mass is 10.1. The van der Waals surface area contributed by atoms with E-state index in [1.54, 1.807) is 42.6 Å². The molecule has 0 saturated carbocycles. The number of hydrogen-bond donors (Lipinski definition) is 2. The monoisotopic (exact) mass is 448 g/mol. The zero-order valence-electron chi connectivity index (χ0n) is 17.3. The molecular formula is C21H25ClN4O3S. The molecule has 2 aromatic heterocycles. The first-order valence-electron chi connectivity index (χ1n) is 9.57. The number of nitrogens with one attached hydrogen (secondary N) is 2. The highest BCUT2D eigenvalue weighted by atomic mass is 35.5. The van der Waals surface area contributed by atoms with Gasteiger partial charge in [0.1, 0.15) is 5.82 Å². The van der Waals surface area contributed by atoms with Gasteiger partial charge in [-0.15, -0.1) is 0 Å². The van der Waals surface area contributed by atoms with E-state index in [0.717, 1.165) is 5.39 Å². The number of aromatic amines is 1. The van der Waals surface area contributed by atoms with E-state index in [0.29, 0.717) is 34.2 Å². The quantitative estimate of drug-likeness (QED) is 0.565. The molecule has 0 fully saturated rings. The van der Waals surface area contributed by atoms with Gasteiger partial charge in [0.2, 0.25) is 10.0 Å². The fourth-order valence-corrected chi connectivity index (χ4v) is 4.48. The first-order valence-corrected chi connectivity index (χ1v) is 11.8. The van der Waals surface area contributed by atoms with Crippen LogP contribution in [0.1, 0.15) is 32.4 Å². The standard InChI is InChI=1S/C21H25ClN4O3S/c1-13(2)12-26(30(4,28)29)17-7-8-23-20(11-17)24-14(3)18-10-15-9-16(22)5-6-19(15)25-21(18)27/h5-11,13-14H,12H2,1-4H3,(H,23,24)(H,25,27). The summed E-state index contributed by atoms with van der Waals surface area (Å²) in [6.45, 7) is 6.12. The molecule has 3 aromatic rings. The highest BCUT2D eigenvalue weighted by Crippen LogP contribution is 2.25. The van der Waals surface area contributed by atoms with E-state index in [1.807, 2.05) is 20.8 Å². The summed E-state index contributed by atoms with van der Waals surface area (Å²) in [4.78, 5) is 19.7. The van der Waals surface area contributed by atoms with Crippen molar-refractivity contribution in [3.05, 3.63) is 63.5 Å². The van der Waals surface area contributed by atoms with Crippen LogP contribution in [0.25, 0.3) is 10.9 Å². The summed E-state index contributed by atoms with van der Waals surface area (Å²) in [6.07, 6.45) is 2.73. The Kier molecular flexibility index (Phi) is 6.38. The molecule has 0 radical (unpaired) electrons. The van der Waals surface area contributed by atoms with E-state index in [1.165, 1.54) is 10.6 Å². The van der Waals surface area contributed by atoms with Crippen LogP contribution in [0.3, 0.4) is 0 Å². The van der Waals surface area contributed by atoms with E-state index >= 15 is 0 Å². The third-order valence-corrected chi connectivity index (χ3v) is 6.02. The van der Waals surface area contributed by atoms with Crippen LogP contribution in [-0.4, -0.2) is 31.2 Å². The summed E-state index contributed by atoms with van der Waals surface area (Å²) >= 11 is 6.07. The van der Waals surface area contributed by atoms with E-state index < -0.39 is 10.0 Å². The minimum Gasteiger partial charge on any atom is -0.363 e. The SMILES string of the molecule is CC(C)CN(c1ccnc(NC(C)c2cc3cc(Cl)ccc3[nH]c2=O)c1)S(C)(=O)=O. The van der Waals surface area contributed by atoms with E-state index in [2.05, 4.69) is 15.3 Å². The highest BCUT2D eigenvalue weighted by molar-refractivity contribution is 7.92. The van der Waals surface area contributed by atoms with E-state index in [9.17, 15) is 13.2 Å². The highest BCUT2D eigenvalue weighted by Gasteiger charge is 2.20. The number of fused-ring (bicyclic) bond motifs is 1. The molecule has 1 aromatic carbocycles. The van der Waals surface area contributed by atoms with Crippen LogP contribution in [0.5, 0.6) is 0 Å². The van der Waals surface area contributed by atoms with Crippen molar-refractivity contribution < 1.29 is 8.42 Å². The molecule has 2 heterocycles. The van der Waals surface area contributed by atoms with Gasteiger partial charge in [0.15, 0.2) is 0 Å². The molecule has 1 unspecified atom stereocenters. The van der Waals surface area contributed by atoms with Gasteiger partial charge < -0.3 is 10.3 Å². The minimum atomic E-state index is -3.44. The maximum Gasteiger partial charge on any atom is 0.253 e. The van der Waals surface area contributed by atoms with Gasteiger partial charge in [0.25, 0.3) is 5.56 Å². The smallest absolute Gasteiger partial charge is 0.253 e. The maximum atomic E-state index is 12.5. The maximum absolute atomic E-state index is 12.5. The molecule has 30 heavy (non-hydrogen) atoms. The van der Waals surface area contributed by atoms with Crippen molar-refractivity contribution in [2.45, 2.75) is 26.8 Å². The van der Waals surface area contributed by atoms with Crippen molar-refractivity contribution in [3.8, 4) is 0 Å². The zero-order chi connectivity index (χ0) is 22.1. The van der Waals surface area contributed by atoms with Crippen LogP contribution in [0, 0.1) is 5.92 Å². The first-order chi connectivity index (χ1) is 14.0. The lowest BCUT2D eigenvalue weighted by molar-refractivity contribution is 0.583. The fraction of sp³-hybridized carbons (Fsp3) is 0.333. The molecule has 7 nitrogen and oxygen atoms in total. The van der Waals surface area contributed by atoms with Gasteiger partial charge >= 0.3 is 0 Å². The minimum absolute atomic E-state index is 0.159. The van der Waals surface area contributed by atoms with Crippen molar-refractivity contribution in [1.82, 2.24) is 9.97 Å². The van der Waals surface area contributed by atoms with Gasteiger partial charge in [-0.2, -0.15) is 0 Å². The Hall–Kier alpha value is -2.58. The summed E-state index contributed by atoms with van der Waals surface area (Å²) in [5.41, 5.74) is 1.55. The summed E-state index contributed by atoms with van der Waals surface area (Å²) in [5.74, 6) is 0.634. The van der Waals surface area contributed by atoms with Crippen LogP contribution in [-0.2, 0) is 10.0 Å². The van der Waals surface area contributed by atoms with Crippen molar-refractivity contribution in [2.24, 2.45) is 5.92 Å². The van der Waals surface area contributed by atoms with Crippen LogP contribution in [0.4, 0.5) is 11.5 Å². The number of halogens is 1. The molecule has 9 heteroatoms. The molecular weight excluding hydrogens is 424 g/mol. The Morgan fingerprint density at radius 2 is 1.90 bits per heavy atom. The predicted octanol–water partition coefficient (Wildman–Crippen LogP) is 4.17. The second-order valence-corrected chi connectivity index (χ2v) is 10.1. The normalized spacial score (nSPS) is 12.9. The van der Waals surface area contributed by atoms with E-state index in [-0.39, 0.29) is 17.5 Å². The lowest BCUT2D eigenvalue weighted by Gasteiger charge is -2.25. The molecule has 0 aliphatic carbocycles. The summed E-state index contributed by atoms with van der Waals surface area (Å²) < 4.78 is 25.9. The Morgan fingerprint density at radius 3 is 2.57 bits per heavy atom. The topological polar surface area (TPSA) is 95.2 Å². The van der Waals surface area contributed by atoms with Gasteiger partial charge in [-0.3, -0.25) is 9.10 Å². The van der Waals surface area contributed by atoms with Gasteiger partial charge in [-0.25, -0.2) is 13.4 Å². The second-order valence-electron chi connectivity index (χ2n) is 7.74. The Bertz CT molecular complexity index is 1220. The van der Waals surface area contributed by atoms with Crippen LogP contribution < -0.4 is 15.2 Å². The van der Waals surface area contributed by atoms with Crippen molar-refractivity contribution in [2.75, 3.05) is 22.4 Å². The average Bonchev–Trinajstić information content (AvgIpc) is 2.65. The molecule has 1 atom stereocenters. The largest absolute Gasteiger partial charge is 0.363 e. The number of H-pyrrole nitrogens is 1. The Morgan fingerprint density at radius 1 is 1.17 bits per heavy atom.